The Balaban J connectivity index is 1.66. The molecule has 2 aliphatic heterocycles. The second kappa shape index (κ2) is 8.91. The number of rotatable bonds is 3. The molecule has 0 saturated carbocycles. The molecule has 2 heterocycles. The van der Waals surface area contributed by atoms with Crippen LogP contribution in [0.25, 0.3) is 0 Å². The van der Waals surface area contributed by atoms with Crippen LogP contribution in [0, 0.1) is 5.82 Å². The van der Waals surface area contributed by atoms with Gasteiger partial charge in [-0.2, -0.15) is 0 Å². The molecule has 182 valence electrons. The maximum atomic E-state index is 14.4. The summed E-state index contributed by atoms with van der Waals surface area (Å²) in [5.74, 6) is -0.754. The van der Waals surface area contributed by atoms with Crippen molar-refractivity contribution >= 4 is 24.6 Å². The summed E-state index contributed by atoms with van der Waals surface area (Å²) in [6.45, 7) is 14.1. The number of halogens is 1. The summed E-state index contributed by atoms with van der Waals surface area (Å²) in [7, 11) is 0.977. The van der Waals surface area contributed by atoms with Gasteiger partial charge in [0.1, 0.15) is 11.4 Å². The molecule has 9 heteroatoms. The normalized spacial score (nSPS) is 20.6. The van der Waals surface area contributed by atoms with Gasteiger partial charge >= 0.3 is 13.2 Å². The van der Waals surface area contributed by atoms with E-state index < -0.39 is 29.7 Å². The molecule has 1 aromatic carbocycles. The monoisotopic (exact) mass is 462 g/mol. The highest BCUT2D eigenvalue weighted by molar-refractivity contribution is 6.62. The summed E-state index contributed by atoms with van der Waals surface area (Å²) in [5.41, 5.74) is -0.934. The summed E-state index contributed by atoms with van der Waals surface area (Å²) in [5, 5.41) is 0. The largest absolute Gasteiger partial charge is 0.494 e. The number of likely N-dealkylation sites (tertiary alicyclic amines) is 1. The predicted molar refractivity (Wildman–Crippen MR) is 125 cm³/mol. The highest BCUT2D eigenvalue weighted by Gasteiger charge is 2.52. The van der Waals surface area contributed by atoms with Gasteiger partial charge in [0.25, 0.3) is 5.91 Å². The molecule has 0 bridgehead atoms. The van der Waals surface area contributed by atoms with E-state index in [2.05, 4.69) is 0 Å². The molecule has 2 fully saturated rings. The molecule has 0 aromatic heterocycles. The first-order valence-electron chi connectivity index (χ1n) is 11.5. The maximum absolute atomic E-state index is 14.4. The van der Waals surface area contributed by atoms with Crippen LogP contribution >= 0.6 is 0 Å². The quantitative estimate of drug-likeness (QED) is 0.643. The van der Waals surface area contributed by atoms with Crippen LogP contribution in [0.2, 0.25) is 0 Å². The fourth-order valence-electron chi connectivity index (χ4n) is 3.97. The van der Waals surface area contributed by atoms with Crippen molar-refractivity contribution in [1.82, 2.24) is 9.80 Å². The van der Waals surface area contributed by atoms with Gasteiger partial charge in [0, 0.05) is 31.7 Å². The van der Waals surface area contributed by atoms with Crippen LogP contribution in [0.4, 0.5) is 9.18 Å². The van der Waals surface area contributed by atoms with E-state index in [4.69, 9.17) is 14.0 Å². The molecule has 2 aliphatic rings. The Hall–Kier alpha value is -2.13. The summed E-state index contributed by atoms with van der Waals surface area (Å²) < 4.78 is 31.9. The minimum Gasteiger partial charge on any atom is -0.444 e. The standard InChI is InChI=1S/C24H36BFN2O5/c1-22(2,3)31-21(30)27(8)19-9-11-28(12-10-19)20(29)16-13-17(15-18(26)14-16)25-32-23(4,5)24(6,7)33-25/h13-15,19H,9-12H2,1-8H3. The third-order valence-corrected chi connectivity index (χ3v) is 6.67. The topological polar surface area (TPSA) is 68.3 Å². The lowest BCUT2D eigenvalue weighted by Gasteiger charge is -2.37. The average Bonchev–Trinajstić information content (AvgIpc) is 2.92. The third-order valence-electron chi connectivity index (χ3n) is 6.67. The summed E-state index contributed by atoms with van der Waals surface area (Å²) in [6, 6.07) is 4.22. The molecule has 2 saturated heterocycles. The lowest BCUT2D eigenvalue weighted by atomic mass is 9.78. The highest BCUT2D eigenvalue weighted by atomic mass is 19.1. The van der Waals surface area contributed by atoms with Crippen LogP contribution in [0.5, 0.6) is 0 Å². The fourth-order valence-corrected chi connectivity index (χ4v) is 3.97. The Kier molecular flexibility index (Phi) is 6.88. The van der Waals surface area contributed by atoms with Crippen LogP contribution in [0.1, 0.15) is 71.7 Å². The zero-order valence-electron chi connectivity index (χ0n) is 21.0. The lowest BCUT2D eigenvalue weighted by Crippen LogP contribution is -2.48. The van der Waals surface area contributed by atoms with Gasteiger partial charge in [-0.25, -0.2) is 9.18 Å². The zero-order chi connectivity index (χ0) is 24.8. The van der Waals surface area contributed by atoms with Crippen molar-refractivity contribution in [2.45, 2.75) is 84.2 Å². The van der Waals surface area contributed by atoms with E-state index in [0.29, 0.717) is 31.4 Å². The van der Waals surface area contributed by atoms with Gasteiger partial charge in [0.2, 0.25) is 0 Å². The minimum absolute atomic E-state index is 0.0169. The van der Waals surface area contributed by atoms with Crippen LogP contribution in [-0.4, -0.2) is 71.9 Å². The van der Waals surface area contributed by atoms with E-state index in [1.54, 1.807) is 22.9 Å². The first-order valence-corrected chi connectivity index (χ1v) is 11.5. The fraction of sp³-hybridized carbons (Fsp3) is 0.667. The first kappa shape index (κ1) is 25.5. The van der Waals surface area contributed by atoms with Crippen molar-refractivity contribution in [3.63, 3.8) is 0 Å². The number of benzene rings is 1. The van der Waals surface area contributed by atoms with Crippen LogP contribution in [-0.2, 0) is 14.0 Å². The van der Waals surface area contributed by atoms with Gasteiger partial charge in [-0.15, -0.1) is 0 Å². The number of hydrogen-bond donors (Lipinski definition) is 0. The highest BCUT2D eigenvalue weighted by Crippen LogP contribution is 2.36. The molecule has 3 rings (SSSR count). The van der Waals surface area contributed by atoms with Crippen LogP contribution in [0.3, 0.4) is 0 Å². The van der Waals surface area contributed by atoms with Crippen molar-refractivity contribution in [1.29, 1.82) is 0 Å². The maximum Gasteiger partial charge on any atom is 0.494 e. The molecule has 0 unspecified atom stereocenters. The van der Waals surface area contributed by atoms with Gasteiger partial charge in [-0.05, 0) is 85.0 Å². The van der Waals surface area contributed by atoms with E-state index in [-0.39, 0.29) is 23.6 Å². The zero-order valence-corrected chi connectivity index (χ0v) is 21.0. The number of carbonyl (C=O) groups excluding carboxylic acids is 2. The molecular formula is C24H36BFN2O5. The van der Waals surface area contributed by atoms with Crippen molar-refractivity contribution in [3.8, 4) is 0 Å². The number of hydrogen-bond acceptors (Lipinski definition) is 5. The SMILES string of the molecule is CN(C(=O)OC(C)(C)C)C1CCN(C(=O)c2cc(F)cc(B3OC(C)(C)C(C)(C)O3)c2)CC1. The molecular weight excluding hydrogens is 426 g/mol. The number of carbonyl (C=O) groups is 2. The molecule has 7 nitrogen and oxygen atoms in total. The second-order valence-electron chi connectivity index (χ2n) is 11.0. The molecule has 0 atom stereocenters. The summed E-state index contributed by atoms with van der Waals surface area (Å²) in [6.07, 6.45) is 0.881. The van der Waals surface area contributed by atoms with Gasteiger partial charge < -0.3 is 23.8 Å². The van der Waals surface area contributed by atoms with Crippen molar-refractivity contribution < 1.29 is 28.0 Å². The van der Waals surface area contributed by atoms with Gasteiger partial charge in [-0.1, -0.05) is 0 Å². The van der Waals surface area contributed by atoms with E-state index in [9.17, 15) is 14.0 Å². The first-order chi connectivity index (χ1) is 15.1. The molecule has 33 heavy (non-hydrogen) atoms. The third kappa shape index (κ3) is 5.69. The van der Waals surface area contributed by atoms with Crippen LogP contribution in [0.15, 0.2) is 18.2 Å². The average molecular weight is 462 g/mol. The molecule has 1 aromatic rings. The number of ether oxygens (including phenoxy) is 1. The smallest absolute Gasteiger partial charge is 0.444 e. The van der Waals surface area contributed by atoms with Crippen molar-refractivity contribution in [3.05, 3.63) is 29.6 Å². The summed E-state index contributed by atoms with van der Waals surface area (Å²) in [4.78, 5) is 28.8. The Bertz CT molecular complexity index is 891. The van der Waals surface area contributed by atoms with Crippen molar-refractivity contribution in [2.24, 2.45) is 0 Å². The Morgan fingerprint density at radius 1 is 1.09 bits per heavy atom. The predicted octanol–water partition coefficient (Wildman–Crippen LogP) is 3.60. The van der Waals surface area contributed by atoms with E-state index in [0.717, 1.165) is 0 Å². The molecule has 0 spiro atoms. The van der Waals surface area contributed by atoms with E-state index >= 15 is 0 Å². The van der Waals surface area contributed by atoms with Crippen LogP contribution < -0.4 is 5.46 Å². The van der Waals surface area contributed by atoms with Crippen molar-refractivity contribution in [2.75, 3.05) is 20.1 Å². The summed E-state index contributed by atoms with van der Waals surface area (Å²) >= 11 is 0. The molecule has 0 aliphatic carbocycles. The minimum atomic E-state index is -0.745. The van der Waals surface area contributed by atoms with Gasteiger partial charge in [-0.3, -0.25) is 4.79 Å². The number of piperidine rings is 1. The van der Waals surface area contributed by atoms with E-state index in [1.165, 1.54) is 12.1 Å². The van der Waals surface area contributed by atoms with Gasteiger partial charge in [0.05, 0.1) is 11.2 Å². The Labute approximate surface area is 196 Å². The number of amides is 2. The Morgan fingerprint density at radius 2 is 1.64 bits per heavy atom. The molecule has 0 radical (unpaired) electrons. The van der Waals surface area contributed by atoms with E-state index in [1.807, 2.05) is 48.5 Å². The molecule has 0 N–H and O–H groups in total. The Morgan fingerprint density at radius 3 is 2.15 bits per heavy atom. The second-order valence-corrected chi connectivity index (χ2v) is 11.0. The molecule has 2 amide bonds. The lowest BCUT2D eigenvalue weighted by molar-refractivity contribution is 0.00578. The number of nitrogens with zero attached hydrogens (tertiary/aromatic N) is 2. The van der Waals surface area contributed by atoms with Gasteiger partial charge in [0.15, 0.2) is 0 Å².